The molecule has 4 nitrogen and oxygen atoms in total. The van der Waals surface area contributed by atoms with Gasteiger partial charge < -0.3 is 5.32 Å². The highest BCUT2D eigenvalue weighted by Gasteiger charge is 2.18. The van der Waals surface area contributed by atoms with Crippen molar-refractivity contribution >= 4 is 49.7 Å². The van der Waals surface area contributed by atoms with Crippen molar-refractivity contribution in [3.63, 3.8) is 0 Å². The van der Waals surface area contributed by atoms with E-state index in [4.69, 9.17) is 23.2 Å². The Morgan fingerprint density at radius 1 is 0.900 bits per heavy atom. The maximum Gasteiger partial charge on any atom is 0.251 e. The Bertz CT molecular complexity index is 1190. The molecule has 158 valence electrons. The van der Waals surface area contributed by atoms with Crippen LogP contribution < -0.4 is 5.32 Å². The lowest BCUT2D eigenvalue weighted by atomic mass is 10.1. The molecule has 0 spiro atoms. The van der Waals surface area contributed by atoms with Crippen LogP contribution in [0.2, 0.25) is 10.0 Å². The fraction of sp³-hybridized carbons (Fsp3) is 0.261. The van der Waals surface area contributed by atoms with Gasteiger partial charge in [-0.05, 0) is 65.6 Å². The van der Waals surface area contributed by atoms with Crippen molar-refractivity contribution in [3.05, 3.63) is 75.8 Å². The molecule has 0 saturated carbocycles. The molecule has 1 atom stereocenters. The van der Waals surface area contributed by atoms with Crippen molar-refractivity contribution < 1.29 is 13.2 Å². The summed E-state index contributed by atoms with van der Waals surface area (Å²) in [6.45, 7) is 5.98. The number of sulfone groups is 1. The van der Waals surface area contributed by atoms with E-state index in [1.807, 2.05) is 26.8 Å². The van der Waals surface area contributed by atoms with E-state index in [9.17, 15) is 13.2 Å². The second-order valence-electron chi connectivity index (χ2n) is 7.74. The van der Waals surface area contributed by atoms with Gasteiger partial charge in [0.1, 0.15) is 0 Å². The first kappa shape index (κ1) is 22.6. The number of benzene rings is 3. The average Bonchev–Trinajstić information content (AvgIpc) is 2.68. The van der Waals surface area contributed by atoms with Gasteiger partial charge in [-0.1, -0.05) is 55.2 Å². The lowest BCUT2D eigenvalue weighted by molar-refractivity contribution is 0.0930. The standard InChI is InChI=1S/C23H23Cl2NO3S/c1-14(2)15(3)26-23(27)17-6-8-20(9-7-17)30(28,29)13-16-4-5-18-11-21(24)22(25)12-19(18)10-16/h4-12,14-15H,13H2,1-3H3,(H,26,27). The number of halogens is 2. The Morgan fingerprint density at radius 3 is 2.10 bits per heavy atom. The zero-order chi connectivity index (χ0) is 22.1. The largest absolute Gasteiger partial charge is 0.349 e. The molecular formula is C23H23Cl2NO3S. The lowest BCUT2D eigenvalue weighted by Gasteiger charge is -2.17. The average molecular weight is 464 g/mol. The number of hydrogen-bond acceptors (Lipinski definition) is 3. The molecule has 3 aromatic rings. The summed E-state index contributed by atoms with van der Waals surface area (Å²) in [5.41, 5.74) is 1.08. The predicted octanol–water partition coefficient (Wildman–Crippen LogP) is 5.89. The number of carbonyl (C=O) groups excluding carboxylic acids is 1. The van der Waals surface area contributed by atoms with Crippen LogP contribution in [0.5, 0.6) is 0 Å². The van der Waals surface area contributed by atoms with Gasteiger partial charge in [0.05, 0.1) is 20.7 Å². The Labute approximate surface area is 187 Å². The molecule has 0 aromatic heterocycles. The van der Waals surface area contributed by atoms with Crippen LogP contribution in [-0.2, 0) is 15.6 Å². The zero-order valence-electron chi connectivity index (χ0n) is 16.9. The lowest BCUT2D eigenvalue weighted by Crippen LogP contribution is -2.36. The number of carbonyl (C=O) groups is 1. The van der Waals surface area contributed by atoms with Crippen molar-refractivity contribution in [1.82, 2.24) is 5.32 Å². The van der Waals surface area contributed by atoms with E-state index in [2.05, 4.69) is 5.32 Å². The monoisotopic (exact) mass is 463 g/mol. The molecule has 1 amide bonds. The second-order valence-corrected chi connectivity index (χ2v) is 10.5. The molecule has 7 heteroatoms. The van der Waals surface area contributed by atoms with E-state index < -0.39 is 9.84 Å². The van der Waals surface area contributed by atoms with Crippen molar-refractivity contribution in [2.45, 2.75) is 37.5 Å². The van der Waals surface area contributed by atoms with Gasteiger partial charge in [-0.3, -0.25) is 4.79 Å². The van der Waals surface area contributed by atoms with E-state index in [1.54, 1.807) is 24.3 Å². The summed E-state index contributed by atoms with van der Waals surface area (Å²) in [5, 5.41) is 5.50. The molecule has 1 N–H and O–H groups in total. The maximum atomic E-state index is 12.9. The molecule has 30 heavy (non-hydrogen) atoms. The van der Waals surface area contributed by atoms with Crippen molar-refractivity contribution in [2.24, 2.45) is 5.92 Å². The first-order chi connectivity index (χ1) is 14.1. The fourth-order valence-electron chi connectivity index (χ4n) is 2.95. The zero-order valence-corrected chi connectivity index (χ0v) is 19.3. The van der Waals surface area contributed by atoms with Gasteiger partial charge in [-0.2, -0.15) is 0 Å². The van der Waals surface area contributed by atoms with Gasteiger partial charge in [0.2, 0.25) is 0 Å². The molecule has 0 aliphatic carbocycles. The smallest absolute Gasteiger partial charge is 0.251 e. The molecule has 3 aromatic carbocycles. The Kier molecular flexibility index (Phi) is 6.75. The normalized spacial score (nSPS) is 12.9. The van der Waals surface area contributed by atoms with Gasteiger partial charge in [-0.25, -0.2) is 8.42 Å². The Balaban J connectivity index is 1.79. The molecule has 0 radical (unpaired) electrons. The summed E-state index contributed by atoms with van der Waals surface area (Å²) in [5.74, 6) is -0.0641. The van der Waals surface area contributed by atoms with E-state index >= 15 is 0 Å². The number of hydrogen-bond donors (Lipinski definition) is 1. The molecule has 0 saturated heterocycles. The highest BCUT2D eigenvalue weighted by molar-refractivity contribution is 7.90. The second kappa shape index (κ2) is 8.96. The molecule has 0 fully saturated rings. The Morgan fingerprint density at radius 2 is 1.50 bits per heavy atom. The van der Waals surface area contributed by atoms with E-state index in [0.29, 0.717) is 27.1 Å². The van der Waals surface area contributed by atoms with E-state index in [1.165, 1.54) is 24.3 Å². The van der Waals surface area contributed by atoms with Gasteiger partial charge in [-0.15, -0.1) is 0 Å². The first-order valence-corrected chi connectivity index (χ1v) is 12.0. The van der Waals surface area contributed by atoms with E-state index in [0.717, 1.165) is 10.8 Å². The van der Waals surface area contributed by atoms with E-state index in [-0.39, 0.29) is 22.6 Å². The van der Waals surface area contributed by atoms with Crippen molar-refractivity contribution in [2.75, 3.05) is 0 Å². The van der Waals surface area contributed by atoms with Gasteiger partial charge in [0.15, 0.2) is 9.84 Å². The highest BCUT2D eigenvalue weighted by atomic mass is 35.5. The van der Waals surface area contributed by atoms with Crippen molar-refractivity contribution in [1.29, 1.82) is 0 Å². The van der Waals surface area contributed by atoms with Gasteiger partial charge in [0.25, 0.3) is 5.91 Å². The number of fused-ring (bicyclic) bond motifs is 1. The van der Waals surface area contributed by atoms with Crippen LogP contribution in [0, 0.1) is 5.92 Å². The third-order valence-electron chi connectivity index (χ3n) is 5.13. The summed E-state index contributed by atoms with van der Waals surface area (Å²) in [7, 11) is -3.57. The maximum absolute atomic E-state index is 12.9. The SMILES string of the molecule is CC(C)C(C)NC(=O)c1ccc(S(=O)(=O)Cc2ccc3cc(Cl)c(Cl)cc3c2)cc1. The minimum absolute atomic E-state index is 0.0252. The van der Waals surface area contributed by atoms with Crippen LogP contribution in [-0.4, -0.2) is 20.4 Å². The molecule has 0 aliphatic rings. The third kappa shape index (κ3) is 5.15. The minimum Gasteiger partial charge on any atom is -0.349 e. The van der Waals surface area contributed by atoms with Crippen LogP contribution in [0.25, 0.3) is 10.8 Å². The van der Waals surface area contributed by atoms with Gasteiger partial charge >= 0.3 is 0 Å². The number of amides is 1. The van der Waals surface area contributed by atoms with Crippen LogP contribution in [0.4, 0.5) is 0 Å². The minimum atomic E-state index is -3.57. The molecule has 0 bridgehead atoms. The van der Waals surface area contributed by atoms with Crippen LogP contribution in [0.15, 0.2) is 59.5 Å². The molecule has 1 unspecified atom stereocenters. The highest BCUT2D eigenvalue weighted by Crippen LogP contribution is 2.29. The third-order valence-corrected chi connectivity index (χ3v) is 7.56. The van der Waals surface area contributed by atoms with Crippen LogP contribution >= 0.6 is 23.2 Å². The number of nitrogens with one attached hydrogen (secondary N) is 1. The predicted molar refractivity (Wildman–Crippen MR) is 123 cm³/mol. The Hall–Kier alpha value is -2.08. The molecule has 0 aliphatic heterocycles. The number of rotatable bonds is 6. The summed E-state index contributed by atoms with van der Waals surface area (Å²) >= 11 is 12.1. The fourth-order valence-corrected chi connectivity index (χ4v) is 4.63. The summed E-state index contributed by atoms with van der Waals surface area (Å²) in [6.07, 6.45) is 0. The van der Waals surface area contributed by atoms with Crippen molar-refractivity contribution in [3.8, 4) is 0 Å². The first-order valence-electron chi connectivity index (χ1n) is 9.58. The summed E-state index contributed by atoms with van der Waals surface area (Å²) < 4.78 is 25.7. The van der Waals surface area contributed by atoms with Gasteiger partial charge in [0, 0.05) is 11.6 Å². The topological polar surface area (TPSA) is 63.2 Å². The summed E-state index contributed by atoms with van der Waals surface area (Å²) in [6, 6.07) is 14.9. The van der Waals surface area contributed by atoms with Crippen LogP contribution in [0.1, 0.15) is 36.7 Å². The quantitative estimate of drug-likeness (QED) is 0.495. The molecular weight excluding hydrogens is 441 g/mol. The van der Waals surface area contributed by atoms with Crippen LogP contribution in [0.3, 0.4) is 0 Å². The molecule has 0 heterocycles. The summed E-state index contributed by atoms with van der Waals surface area (Å²) in [4.78, 5) is 12.5. The molecule has 3 rings (SSSR count).